The van der Waals surface area contributed by atoms with E-state index in [1.807, 2.05) is 13.8 Å². The lowest BCUT2D eigenvalue weighted by molar-refractivity contribution is -0.138. The van der Waals surface area contributed by atoms with Crippen molar-refractivity contribution in [3.05, 3.63) is 71.0 Å². The average Bonchev–Trinajstić information content (AvgIpc) is 2.76. The Morgan fingerprint density at radius 1 is 1.06 bits per heavy atom. The van der Waals surface area contributed by atoms with Gasteiger partial charge in [0.15, 0.2) is 0 Å². The molecule has 7 heteroatoms. The molecule has 0 unspecified atom stereocenters. The molecule has 0 bridgehead atoms. The maximum Gasteiger partial charge on any atom is 0.416 e. The topological polar surface area (TPSA) is 32.3 Å². The molecule has 1 N–H and O–H groups in total. The molecule has 1 amide bonds. The van der Waals surface area contributed by atoms with Crippen molar-refractivity contribution in [3.8, 4) is 0 Å². The average molecular weight is 451 g/mol. The van der Waals surface area contributed by atoms with Crippen molar-refractivity contribution in [2.24, 2.45) is 11.8 Å². The summed E-state index contributed by atoms with van der Waals surface area (Å²) in [6, 6.07) is 11.7. The lowest BCUT2D eigenvalue weighted by atomic mass is 9.92. The van der Waals surface area contributed by atoms with Crippen LogP contribution in [-0.2, 0) is 17.4 Å². The minimum absolute atomic E-state index is 0.0184. The SMILES string of the molecule is CC(C)[C@@H](NC(=O)C1CCN(CCc2ccccc2C(F)(F)F)CC1)c1ccc(F)cc1. The maximum absolute atomic E-state index is 13.2. The molecule has 2 aromatic rings. The summed E-state index contributed by atoms with van der Waals surface area (Å²) in [5, 5.41) is 3.11. The molecule has 1 aliphatic rings. The zero-order chi connectivity index (χ0) is 23.3. The molecule has 0 aromatic heterocycles. The number of carbonyl (C=O) groups is 1. The lowest BCUT2D eigenvalue weighted by Crippen LogP contribution is -2.43. The number of benzene rings is 2. The lowest BCUT2D eigenvalue weighted by Gasteiger charge is -2.33. The first-order valence-corrected chi connectivity index (χ1v) is 11.1. The van der Waals surface area contributed by atoms with Crippen molar-refractivity contribution in [2.75, 3.05) is 19.6 Å². The summed E-state index contributed by atoms with van der Waals surface area (Å²) in [6.45, 7) is 5.90. The van der Waals surface area contributed by atoms with E-state index in [-0.39, 0.29) is 29.6 Å². The van der Waals surface area contributed by atoms with E-state index in [2.05, 4.69) is 10.2 Å². The van der Waals surface area contributed by atoms with Gasteiger partial charge in [-0.2, -0.15) is 13.2 Å². The van der Waals surface area contributed by atoms with Gasteiger partial charge in [0.05, 0.1) is 11.6 Å². The Labute approximate surface area is 186 Å². The molecule has 1 saturated heterocycles. The largest absolute Gasteiger partial charge is 0.416 e. The summed E-state index contributed by atoms with van der Waals surface area (Å²) in [7, 11) is 0. The molecule has 0 radical (unpaired) electrons. The van der Waals surface area contributed by atoms with Crippen LogP contribution in [0.15, 0.2) is 48.5 Å². The predicted molar refractivity (Wildman–Crippen MR) is 116 cm³/mol. The molecule has 3 rings (SSSR count). The Kier molecular flexibility index (Phi) is 7.93. The molecule has 3 nitrogen and oxygen atoms in total. The number of piperidine rings is 1. The molecule has 174 valence electrons. The first kappa shape index (κ1) is 24.2. The van der Waals surface area contributed by atoms with Crippen LogP contribution in [0.2, 0.25) is 0 Å². The van der Waals surface area contributed by atoms with E-state index >= 15 is 0 Å². The smallest absolute Gasteiger partial charge is 0.349 e. The number of carbonyl (C=O) groups excluding carboxylic acids is 1. The van der Waals surface area contributed by atoms with Crippen LogP contribution >= 0.6 is 0 Å². The zero-order valence-electron chi connectivity index (χ0n) is 18.5. The van der Waals surface area contributed by atoms with Gasteiger partial charge < -0.3 is 10.2 Å². The molecule has 0 aliphatic carbocycles. The van der Waals surface area contributed by atoms with Gasteiger partial charge in [-0.15, -0.1) is 0 Å². The van der Waals surface area contributed by atoms with Gasteiger partial charge in [-0.25, -0.2) is 4.39 Å². The van der Waals surface area contributed by atoms with E-state index < -0.39 is 11.7 Å². The quantitative estimate of drug-likeness (QED) is 0.556. The highest BCUT2D eigenvalue weighted by Crippen LogP contribution is 2.32. The van der Waals surface area contributed by atoms with Crippen LogP contribution in [0.1, 0.15) is 49.4 Å². The molecule has 1 heterocycles. The van der Waals surface area contributed by atoms with Gasteiger partial charge in [-0.05, 0) is 67.6 Å². The minimum Gasteiger partial charge on any atom is -0.349 e. The van der Waals surface area contributed by atoms with Gasteiger partial charge in [0, 0.05) is 12.5 Å². The van der Waals surface area contributed by atoms with Crippen molar-refractivity contribution in [1.82, 2.24) is 10.2 Å². The monoisotopic (exact) mass is 450 g/mol. The number of alkyl halides is 3. The van der Waals surface area contributed by atoms with Crippen molar-refractivity contribution in [1.29, 1.82) is 0 Å². The molecule has 1 atom stereocenters. The van der Waals surface area contributed by atoms with Gasteiger partial charge >= 0.3 is 6.18 Å². The standard InChI is InChI=1S/C25H30F4N2O/c1-17(2)23(19-7-9-21(26)10-8-19)30-24(32)20-12-15-31(16-13-20)14-11-18-5-3-4-6-22(18)25(27,28)29/h3-10,17,20,23H,11-16H2,1-2H3,(H,30,32)/t23-/m1/s1. The first-order chi connectivity index (χ1) is 15.1. The van der Waals surface area contributed by atoms with Crippen molar-refractivity contribution < 1.29 is 22.4 Å². The number of nitrogens with zero attached hydrogens (tertiary/aromatic N) is 1. The fraction of sp³-hybridized carbons (Fsp3) is 0.480. The third-order valence-electron chi connectivity index (χ3n) is 6.17. The number of nitrogens with one attached hydrogen (secondary N) is 1. The zero-order valence-corrected chi connectivity index (χ0v) is 18.5. The van der Waals surface area contributed by atoms with Crippen LogP contribution in [-0.4, -0.2) is 30.4 Å². The third-order valence-corrected chi connectivity index (χ3v) is 6.17. The molecule has 1 fully saturated rings. The molecule has 0 spiro atoms. The minimum atomic E-state index is -4.35. The molecule has 1 aliphatic heterocycles. The van der Waals surface area contributed by atoms with Crippen molar-refractivity contribution in [2.45, 2.75) is 45.3 Å². The predicted octanol–water partition coefficient (Wildman–Crippen LogP) is 5.61. The molecular weight excluding hydrogens is 420 g/mol. The summed E-state index contributed by atoms with van der Waals surface area (Å²) in [6.07, 6.45) is -2.69. The van der Waals surface area contributed by atoms with Crippen LogP contribution in [0.4, 0.5) is 17.6 Å². The highest BCUT2D eigenvalue weighted by molar-refractivity contribution is 5.79. The van der Waals surface area contributed by atoms with Crippen LogP contribution in [0.3, 0.4) is 0 Å². The Balaban J connectivity index is 1.52. The molecule has 32 heavy (non-hydrogen) atoms. The highest BCUT2D eigenvalue weighted by Gasteiger charge is 2.33. The van der Waals surface area contributed by atoms with Crippen LogP contribution in [0, 0.1) is 17.7 Å². The molecular formula is C25H30F4N2O. The number of amides is 1. The molecule has 0 saturated carbocycles. The number of rotatable bonds is 7. The number of hydrogen-bond donors (Lipinski definition) is 1. The second-order valence-corrected chi connectivity index (χ2v) is 8.80. The fourth-order valence-electron chi connectivity index (χ4n) is 4.29. The summed E-state index contributed by atoms with van der Waals surface area (Å²) in [5.74, 6) is -0.309. The van der Waals surface area contributed by atoms with Gasteiger partial charge in [-0.3, -0.25) is 4.79 Å². The normalized spacial score (nSPS) is 16.8. The first-order valence-electron chi connectivity index (χ1n) is 11.1. The fourth-order valence-corrected chi connectivity index (χ4v) is 4.29. The number of likely N-dealkylation sites (tertiary alicyclic amines) is 1. The second kappa shape index (κ2) is 10.5. The summed E-state index contributed by atoms with van der Waals surface area (Å²) >= 11 is 0. The number of halogens is 4. The van der Waals surface area contributed by atoms with E-state index in [0.29, 0.717) is 44.5 Å². The van der Waals surface area contributed by atoms with Crippen molar-refractivity contribution in [3.63, 3.8) is 0 Å². The van der Waals surface area contributed by atoms with Crippen LogP contribution < -0.4 is 5.32 Å². The van der Waals surface area contributed by atoms with E-state index in [0.717, 1.165) is 11.6 Å². The Morgan fingerprint density at radius 2 is 1.69 bits per heavy atom. The maximum atomic E-state index is 13.2. The second-order valence-electron chi connectivity index (χ2n) is 8.80. The van der Waals surface area contributed by atoms with Crippen LogP contribution in [0.5, 0.6) is 0 Å². The highest BCUT2D eigenvalue weighted by atomic mass is 19.4. The van der Waals surface area contributed by atoms with E-state index in [4.69, 9.17) is 0 Å². The van der Waals surface area contributed by atoms with E-state index in [1.165, 1.54) is 24.3 Å². The summed E-state index contributed by atoms with van der Waals surface area (Å²) in [5.41, 5.74) is 0.601. The van der Waals surface area contributed by atoms with E-state index in [1.54, 1.807) is 18.2 Å². The Bertz CT molecular complexity index is 888. The summed E-state index contributed by atoms with van der Waals surface area (Å²) in [4.78, 5) is 15.0. The van der Waals surface area contributed by atoms with Crippen LogP contribution in [0.25, 0.3) is 0 Å². The third kappa shape index (κ3) is 6.31. The van der Waals surface area contributed by atoms with Gasteiger partial charge in [0.2, 0.25) is 5.91 Å². The number of hydrogen-bond acceptors (Lipinski definition) is 2. The Morgan fingerprint density at radius 3 is 2.28 bits per heavy atom. The van der Waals surface area contributed by atoms with Gasteiger partial charge in [0.25, 0.3) is 0 Å². The molecule has 2 aromatic carbocycles. The Hall–Kier alpha value is -2.41. The van der Waals surface area contributed by atoms with Gasteiger partial charge in [-0.1, -0.05) is 44.2 Å². The van der Waals surface area contributed by atoms with Gasteiger partial charge in [0.1, 0.15) is 5.82 Å². The summed E-state index contributed by atoms with van der Waals surface area (Å²) < 4.78 is 52.8. The van der Waals surface area contributed by atoms with E-state index in [9.17, 15) is 22.4 Å². The van der Waals surface area contributed by atoms with Crippen molar-refractivity contribution >= 4 is 5.91 Å².